The molecule has 0 bridgehead atoms. The Morgan fingerprint density at radius 3 is 3.07 bits per heavy atom. The number of benzene rings is 1. The zero-order chi connectivity index (χ0) is 9.80. The van der Waals surface area contributed by atoms with Crippen molar-refractivity contribution in [2.24, 2.45) is 0 Å². The van der Waals surface area contributed by atoms with Crippen LogP contribution in [0.1, 0.15) is 19.0 Å². The van der Waals surface area contributed by atoms with Crippen molar-refractivity contribution in [2.45, 2.75) is 12.8 Å². The molecule has 2 heteroatoms. The van der Waals surface area contributed by atoms with E-state index in [0.717, 1.165) is 25.9 Å². The van der Waals surface area contributed by atoms with Crippen molar-refractivity contribution in [2.75, 3.05) is 19.7 Å². The molecule has 0 fully saturated rings. The van der Waals surface area contributed by atoms with E-state index in [1.807, 2.05) is 0 Å². The van der Waals surface area contributed by atoms with E-state index in [1.165, 1.54) is 11.1 Å². The molecule has 1 N–H and O–H groups in total. The monoisotopic (exact) mass is 191 g/mol. The first-order valence-electron chi connectivity index (χ1n) is 5.18. The Bertz CT molecular complexity index is 349. The molecule has 1 aliphatic rings. The van der Waals surface area contributed by atoms with Crippen molar-refractivity contribution in [1.29, 1.82) is 0 Å². The van der Waals surface area contributed by atoms with Crippen molar-refractivity contribution in [3.8, 4) is 0 Å². The van der Waals surface area contributed by atoms with Gasteiger partial charge in [-0.25, -0.2) is 4.58 Å². The zero-order valence-electron chi connectivity index (χ0n) is 9.32. The highest BCUT2D eigenvalue weighted by atomic mass is 16.3. The number of aliphatic hydroxyl groups is 1. The van der Waals surface area contributed by atoms with Crippen LogP contribution in [-0.2, 0) is 6.42 Å². The van der Waals surface area contributed by atoms with Gasteiger partial charge in [-0.05, 0) is 11.6 Å². The van der Waals surface area contributed by atoms with Crippen molar-refractivity contribution in [3.05, 3.63) is 35.4 Å². The lowest BCUT2D eigenvalue weighted by Gasteiger charge is -2.11. The Balaban J connectivity index is 0.00000112. The molecular formula is C12H17NO+2. The molecule has 1 aromatic rings. The van der Waals surface area contributed by atoms with Gasteiger partial charge in [0.25, 0.3) is 0 Å². The fourth-order valence-corrected chi connectivity index (χ4v) is 1.86. The zero-order valence-corrected chi connectivity index (χ0v) is 8.32. The second kappa shape index (κ2) is 4.38. The molecule has 0 radical (unpaired) electrons. The minimum atomic E-state index is 0. The SMILES string of the molecule is OCCC[N+]1=Cc2ccccc2CC1.[H+]. The van der Waals surface area contributed by atoms with E-state index >= 15 is 0 Å². The van der Waals surface area contributed by atoms with Gasteiger partial charge in [-0.2, -0.15) is 0 Å². The molecule has 2 nitrogen and oxygen atoms in total. The van der Waals surface area contributed by atoms with Crippen LogP contribution in [0.25, 0.3) is 0 Å². The number of hydrogen-bond donors (Lipinski definition) is 1. The molecule has 0 aromatic heterocycles. The fraction of sp³-hybridized carbons (Fsp3) is 0.417. The fourth-order valence-electron chi connectivity index (χ4n) is 1.86. The lowest BCUT2D eigenvalue weighted by atomic mass is 10.0. The Kier molecular flexibility index (Phi) is 2.94. The third kappa shape index (κ3) is 2.02. The first kappa shape index (κ1) is 9.41. The second-order valence-electron chi connectivity index (χ2n) is 3.69. The minimum absolute atomic E-state index is 0. The lowest BCUT2D eigenvalue weighted by Crippen LogP contribution is -2.24. The van der Waals surface area contributed by atoms with Crippen molar-refractivity contribution in [1.82, 2.24) is 0 Å². The maximum Gasteiger partial charge on any atom is 1.00 e. The summed E-state index contributed by atoms with van der Waals surface area (Å²) >= 11 is 0. The molecule has 0 atom stereocenters. The van der Waals surface area contributed by atoms with E-state index in [1.54, 1.807) is 0 Å². The maximum absolute atomic E-state index is 8.75. The molecule has 0 spiro atoms. The molecule has 74 valence electrons. The van der Waals surface area contributed by atoms with Gasteiger partial charge in [0, 0.05) is 25.0 Å². The van der Waals surface area contributed by atoms with Gasteiger partial charge in [-0.15, -0.1) is 0 Å². The minimum Gasteiger partial charge on any atom is -0.396 e. The van der Waals surface area contributed by atoms with Gasteiger partial charge in [-0.3, -0.25) is 0 Å². The standard InChI is InChI=1S/C12H16NO/c14-9-3-7-13-8-6-11-4-1-2-5-12(11)10-13/h1-2,4-5,10,14H,3,6-9H2/q+1/p+1. The number of hydrogen-bond acceptors (Lipinski definition) is 1. The average Bonchev–Trinajstić information content (AvgIpc) is 2.26. The molecular weight excluding hydrogens is 174 g/mol. The predicted molar refractivity (Wildman–Crippen MR) is 58.1 cm³/mol. The van der Waals surface area contributed by atoms with Crippen LogP contribution in [0.5, 0.6) is 0 Å². The Morgan fingerprint density at radius 1 is 1.36 bits per heavy atom. The Labute approximate surface area is 86.0 Å². The van der Waals surface area contributed by atoms with Gasteiger partial charge in [0.05, 0.1) is 0 Å². The highest BCUT2D eigenvalue weighted by molar-refractivity contribution is 5.78. The molecule has 1 heterocycles. The largest absolute Gasteiger partial charge is 1.00 e. The van der Waals surface area contributed by atoms with Crippen LogP contribution < -0.4 is 0 Å². The number of aliphatic hydroxyl groups excluding tert-OH is 1. The van der Waals surface area contributed by atoms with Crippen molar-refractivity contribution < 1.29 is 11.1 Å². The van der Waals surface area contributed by atoms with Crippen LogP contribution in [0.15, 0.2) is 24.3 Å². The van der Waals surface area contributed by atoms with Crippen LogP contribution in [0.2, 0.25) is 0 Å². The van der Waals surface area contributed by atoms with Gasteiger partial charge < -0.3 is 5.11 Å². The van der Waals surface area contributed by atoms with Crippen molar-refractivity contribution >= 4 is 6.21 Å². The number of fused-ring (bicyclic) bond motifs is 1. The molecule has 0 aliphatic carbocycles. The second-order valence-corrected chi connectivity index (χ2v) is 3.69. The van der Waals surface area contributed by atoms with E-state index in [9.17, 15) is 0 Å². The normalized spacial score (nSPS) is 14.8. The summed E-state index contributed by atoms with van der Waals surface area (Å²) in [7, 11) is 0. The molecule has 2 rings (SSSR count). The average molecular weight is 191 g/mol. The van der Waals surface area contributed by atoms with Gasteiger partial charge in [0.15, 0.2) is 6.21 Å². The molecule has 0 amide bonds. The number of rotatable bonds is 3. The van der Waals surface area contributed by atoms with Gasteiger partial charge in [0.1, 0.15) is 13.1 Å². The molecule has 0 saturated heterocycles. The molecule has 0 unspecified atom stereocenters. The summed E-state index contributed by atoms with van der Waals surface area (Å²) in [6.07, 6.45) is 4.19. The maximum atomic E-state index is 8.75. The van der Waals surface area contributed by atoms with Crippen LogP contribution in [-0.4, -0.2) is 35.6 Å². The third-order valence-corrected chi connectivity index (χ3v) is 2.65. The first-order valence-corrected chi connectivity index (χ1v) is 5.18. The van der Waals surface area contributed by atoms with Crippen LogP contribution in [0, 0.1) is 0 Å². The summed E-state index contributed by atoms with van der Waals surface area (Å²) in [5, 5.41) is 8.75. The van der Waals surface area contributed by atoms with E-state index < -0.39 is 0 Å². The first-order chi connectivity index (χ1) is 6.90. The summed E-state index contributed by atoms with van der Waals surface area (Å²) < 4.78 is 2.29. The Morgan fingerprint density at radius 2 is 2.21 bits per heavy atom. The van der Waals surface area contributed by atoms with Gasteiger partial charge in [-0.1, -0.05) is 18.2 Å². The summed E-state index contributed by atoms with van der Waals surface area (Å²) in [6, 6.07) is 8.51. The quantitative estimate of drug-likeness (QED) is 0.712. The van der Waals surface area contributed by atoms with Crippen LogP contribution in [0.3, 0.4) is 0 Å². The summed E-state index contributed by atoms with van der Waals surface area (Å²) in [6.45, 7) is 2.33. The molecule has 1 aliphatic heterocycles. The predicted octanol–water partition coefficient (Wildman–Crippen LogP) is 1.17. The van der Waals surface area contributed by atoms with Crippen LogP contribution in [0.4, 0.5) is 0 Å². The number of nitrogens with zero attached hydrogens (tertiary/aromatic N) is 1. The molecule has 0 saturated carbocycles. The van der Waals surface area contributed by atoms with Gasteiger partial charge in [0.2, 0.25) is 0 Å². The van der Waals surface area contributed by atoms with E-state index in [0.29, 0.717) is 0 Å². The van der Waals surface area contributed by atoms with E-state index in [4.69, 9.17) is 5.11 Å². The highest BCUT2D eigenvalue weighted by Crippen LogP contribution is 2.10. The van der Waals surface area contributed by atoms with Crippen LogP contribution >= 0.6 is 0 Å². The molecule has 1 aromatic carbocycles. The summed E-state index contributed by atoms with van der Waals surface area (Å²) in [4.78, 5) is 0. The lowest BCUT2D eigenvalue weighted by molar-refractivity contribution is -0.524. The summed E-state index contributed by atoms with van der Waals surface area (Å²) in [5.74, 6) is 0. The molecule has 14 heavy (non-hydrogen) atoms. The Hall–Kier alpha value is -1.15. The van der Waals surface area contributed by atoms with Crippen molar-refractivity contribution in [3.63, 3.8) is 0 Å². The third-order valence-electron chi connectivity index (χ3n) is 2.65. The summed E-state index contributed by atoms with van der Waals surface area (Å²) in [5.41, 5.74) is 2.77. The van der Waals surface area contributed by atoms with E-state index in [2.05, 4.69) is 35.1 Å². The highest BCUT2D eigenvalue weighted by Gasteiger charge is 2.13. The topological polar surface area (TPSA) is 23.2 Å². The smallest absolute Gasteiger partial charge is 0.396 e. The van der Waals surface area contributed by atoms with E-state index in [-0.39, 0.29) is 8.03 Å². The van der Waals surface area contributed by atoms with Gasteiger partial charge >= 0.3 is 1.43 Å².